The van der Waals surface area contributed by atoms with Gasteiger partial charge >= 0.3 is 0 Å². The van der Waals surface area contributed by atoms with E-state index in [2.05, 4.69) is 10.2 Å². The molecule has 2 fully saturated rings. The number of nitrogens with zero attached hydrogens (tertiary/aromatic N) is 3. The zero-order valence-electron chi connectivity index (χ0n) is 18.9. The van der Waals surface area contributed by atoms with Gasteiger partial charge in [-0.3, -0.25) is 14.4 Å². The number of carbonyl (C=O) groups is 3. The highest BCUT2D eigenvalue weighted by molar-refractivity contribution is 6.00. The van der Waals surface area contributed by atoms with Gasteiger partial charge in [0.1, 0.15) is 5.75 Å². The van der Waals surface area contributed by atoms with E-state index < -0.39 is 0 Å². The largest absolute Gasteiger partial charge is 0.497 e. The summed E-state index contributed by atoms with van der Waals surface area (Å²) in [6, 6.07) is 17.3. The number of hydrogen-bond acceptors (Lipinski definition) is 5. The molecule has 2 aliphatic rings. The number of para-hydroxylation sites is 1. The minimum absolute atomic E-state index is 0.0399. The maximum atomic E-state index is 12.6. The van der Waals surface area contributed by atoms with E-state index in [0.717, 1.165) is 30.2 Å². The predicted octanol–water partition coefficient (Wildman–Crippen LogP) is 1.90. The molecule has 2 heterocycles. The summed E-state index contributed by atoms with van der Waals surface area (Å²) in [6.07, 6.45) is 0.458. The molecular formula is C25H30N4O4. The minimum Gasteiger partial charge on any atom is -0.497 e. The van der Waals surface area contributed by atoms with E-state index in [0.29, 0.717) is 19.6 Å². The van der Waals surface area contributed by atoms with Crippen molar-refractivity contribution in [2.45, 2.75) is 12.8 Å². The smallest absolute Gasteiger partial charge is 0.227 e. The van der Waals surface area contributed by atoms with Gasteiger partial charge in [0.2, 0.25) is 17.7 Å². The Morgan fingerprint density at radius 2 is 1.67 bits per heavy atom. The highest BCUT2D eigenvalue weighted by Crippen LogP contribution is 2.25. The van der Waals surface area contributed by atoms with Crippen LogP contribution >= 0.6 is 0 Å². The fraction of sp³-hybridized carbons (Fsp3) is 0.400. The second kappa shape index (κ2) is 10.4. The number of nitrogens with one attached hydrogen (secondary N) is 1. The average molecular weight is 451 g/mol. The predicted molar refractivity (Wildman–Crippen MR) is 126 cm³/mol. The van der Waals surface area contributed by atoms with E-state index in [1.54, 1.807) is 12.0 Å². The van der Waals surface area contributed by atoms with Crippen LogP contribution in [0.4, 0.5) is 11.4 Å². The molecule has 1 N–H and O–H groups in total. The highest BCUT2D eigenvalue weighted by atomic mass is 16.5. The van der Waals surface area contributed by atoms with Gasteiger partial charge < -0.3 is 24.8 Å². The Hall–Kier alpha value is -3.55. The molecule has 33 heavy (non-hydrogen) atoms. The summed E-state index contributed by atoms with van der Waals surface area (Å²) < 4.78 is 5.20. The molecule has 0 unspecified atom stereocenters. The van der Waals surface area contributed by atoms with E-state index in [4.69, 9.17) is 4.74 Å². The van der Waals surface area contributed by atoms with Crippen LogP contribution in [0.15, 0.2) is 54.6 Å². The lowest BCUT2D eigenvalue weighted by Crippen LogP contribution is -2.49. The number of hydrogen-bond donors (Lipinski definition) is 1. The third kappa shape index (κ3) is 5.45. The van der Waals surface area contributed by atoms with Crippen molar-refractivity contribution in [1.29, 1.82) is 0 Å². The van der Waals surface area contributed by atoms with Crippen molar-refractivity contribution >= 4 is 29.1 Å². The number of amides is 3. The molecule has 0 radical (unpaired) electrons. The fourth-order valence-corrected chi connectivity index (χ4v) is 4.34. The van der Waals surface area contributed by atoms with Gasteiger partial charge in [-0.15, -0.1) is 0 Å². The summed E-state index contributed by atoms with van der Waals surface area (Å²) in [7, 11) is 1.65. The van der Waals surface area contributed by atoms with Gasteiger partial charge in [-0.25, -0.2) is 0 Å². The molecule has 2 aliphatic heterocycles. The average Bonchev–Trinajstić information content (AvgIpc) is 3.26. The summed E-state index contributed by atoms with van der Waals surface area (Å²) in [5, 5.41) is 2.85. The SMILES string of the molecule is COc1ccc(N2CCN(C(=O)CCNC(=O)[C@@H]3CC(=O)N(c4ccccc4)C3)CC2)cc1. The van der Waals surface area contributed by atoms with E-state index in [1.807, 2.05) is 59.5 Å². The Kier molecular flexibility index (Phi) is 7.12. The topological polar surface area (TPSA) is 82.2 Å². The molecule has 2 saturated heterocycles. The van der Waals surface area contributed by atoms with Crippen LogP contribution in [0.5, 0.6) is 5.75 Å². The quantitative estimate of drug-likeness (QED) is 0.697. The highest BCUT2D eigenvalue weighted by Gasteiger charge is 2.35. The van der Waals surface area contributed by atoms with Crippen molar-refractivity contribution in [3.63, 3.8) is 0 Å². The summed E-state index contributed by atoms with van der Waals surface area (Å²) >= 11 is 0. The second-order valence-electron chi connectivity index (χ2n) is 8.35. The molecule has 1 atom stereocenters. The Morgan fingerprint density at radius 3 is 2.33 bits per heavy atom. The lowest BCUT2D eigenvalue weighted by Gasteiger charge is -2.36. The van der Waals surface area contributed by atoms with Crippen molar-refractivity contribution in [2.24, 2.45) is 5.92 Å². The number of carbonyl (C=O) groups excluding carboxylic acids is 3. The van der Waals surface area contributed by atoms with Crippen molar-refractivity contribution in [3.8, 4) is 5.75 Å². The van der Waals surface area contributed by atoms with Gasteiger partial charge in [-0.2, -0.15) is 0 Å². The van der Waals surface area contributed by atoms with Crippen molar-refractivity contribution in [3.05, 3.63) is 54.6 Å². The number of piperazine rings is 1. The van der Waals surface area contributed by atoms with Crippen LogP contribution in [0.1, 0.15) is 12.8 Å². The maximum Gasteiger partial charge on any atom is 0.227 e. The summed E-state index contributed by atoms with van der Waals surface area (Å²) in [5.74, 6) is 0.259. The fourth-order valence-electron chi connectivity index (χ4n) is 4.34. The van der Waals surface area contributed by atoms with Crippen LogP contribution < -0.4 is 19.9 Å². The maximum absolute atomic E-state index is 12.6. The van der Waals surface area contributed by atoms with Crippen LogP contribution in [0.2, 0.25) is 0 Å². The van der Waals surface area contributed by atoms with Gasteiger partial charge in [-0.1, -0.05) is 18.2 Å². The molecule has 0 bridgehead atoms. The van der Waals surface area contributed by atoms with Crippen LogP contribution in [0, 0.1) is 5.92 Å². The number of anilines is 2. The normalized spacial score (nSPS) is 18.4. The number of rotatable bonds is 7. The van der Waals surface area contributed by atoms with Crippen LogP contribution in [-0.2, 0) is 14.4 Å². The zero-order chi connectivity index (χ0) is 23.2. The molecule has 8 nitrogen and oxygen atoms in total. The van der Waals surface area contributed by atoms with Crippen LogP contribution in [0.3, 0.4) is 0 Å². The molecule has 174 valence electrons. The van der Waals surface area contributed by atoms with Gasteiger partial charge in [0.05, 0.1) is 13.0 Å². The van der Waals surface area contributed by atoms with E-state index in [-0.39, 0.29) is 43.0 Å². The summed E-state index contributed by atoms with van der Waals surface area (Å²) in [5.41, 5.74) is 1.92. The molecule has 0 aliphatic carbocycles. The molecule has 2 aromatic rings. The first-order valence-corrected chi connectivity index (χ1v) is 11.3. The molecule has 4 rings (SSSR count). The van der Waals surface area contributed by atoms with Gasteiger partial charge in [0, 0.05) is 63.5 Å². The third-order valence-electron chi connectivity index (χ3n) is 6.27. The molecule has 3 amide bonds. The van der Waals surface area contributed by atoms with Gasteiger partial charge in [0.15, 0.2) is 0 Å². The molecule has 0 spiro atoms. The zero-order valence-corrected chi connectivity index (χ0v) is 18.9. The number of ether oxygens (including phenoxy) is 1. The lowest BCUT2D eigenvalue weighted by molar-refractivity contribution is -0.131. The van der Waals surface area contributed by atoms with Crippen molar-refractivity contribution in [1.82, 2.24) is 10.2 Å². The van der Waals surface area contributed by atoms with E-state index >= 15 is 0 Å². The first kappa shape index (κ1) is 22.6. The lowest BCUT2D eigenvalue weighted by atomic mass is 10.1. The molecule has 8 heteroatoms. The minimum atomic E-state index is -0.388. The number of methoxy groups -OCH3 is 1. The van der Waals surface area contributed by atoms with E-state index in [9.17, 15) is 14.4 Å². The molecule has 0 aromatic heterocycles. The van der Waals surface area contributed by atoms with Crippen molar-refractivity contribution < 1.29 is 19.1 Å². The Balaban J connectivity index is 1.18. The number of benzene rings is 2. The third-order valence-corrected chi connectivity index (χ3v) is 6.27. The first-order valence-electron chi connectivity index (χ1n) is 11.3. The molecule has 0 saturated carbocycles. The Bertz CT molecular complexity index is 972. The van der Waals surface area contributed by atoms with Crippen LogP contribution in [0.25, 0.3) is 0 Å². The van der Waals surface area contributed by atoms with Crippen LogP contribution in [-0.4, -0.2) is 69.0 Å². The first-order chi connectivity index (χ1) is 16.0. The van der Waals surface area contributed by atoms with E-state index in [1.165, 1.54) is 0 Å². The standard InChI is InChI=1S/C25H30N4O4/c1-33-22-9-7-20(8-10-22)27-13-15-28(16-14-27)23(30)11-12-26-25(32)19-17-24(31)29(18-19)21-5-3-2-4-6-21/h2-10,19H,11-18H2,1H3,(H,26,32)/t19-/m1/s1. The Labute approximate surface area is 194 Å². The monoisotopic (exact) mass is 450 g/mol. The molecule has 2 aromatic carbocycles. The van der Waals surface area contributed by atoms with Crippen molar-refractivity contribution in [2.75, 3.05) is 56.2 Å². The summed E-state index contributed by atoms with van der Waals surface area (Å²) in [6.45, 7) is 3.50. The molecular weight excluding hydrogens is 420 g/mol. The Morgan fingerprint density at radius 1 is 0.970 bits per heavy atom. The van der Waals surface area contributed by atoms with Gasteiger partial charge in [0.25, 0.3) is 0 Å². The van der Waals surface area contributed by atoms with Gasteiger partial charge in [-0.05, 0) is 36.4 Å². The summed E-state index contributed by atoms with van der Waals surface area (Å²) in [4.78, 5) is 43.2. The second-order valence-corrected chi connectivity index (χ2v) is 8.35.